The van der Waals surface area contributed by atoms with Crippen molar-refractivity contribution < 1.29 is 8.42 Å². The van der Waals surface area contributed by atoms with E-state index in [2.05, 4.69) is 4.72 Å². The van der Waals surface area contributed by atoms with Crippen LogP contribution in [0.5, 0.6) is 0 Å². The third-order valence-corrected chi connectivity index (χ3v) is 5.22. The van der Waals surface area contributed by atoms with Crippen LogP contribution in [-0.2, 0) is 22.3 Å². The Labute approximate surface area is 121 Å². The van der Waals surface area contributed by atoms with Gasteiger partial charge in [0, 0.05) is 12.6 Å². The lowest BCUT2D eigenvalue weighted by Gasteiger charge is -2.17. The van der Waals surface area contributed by atoms with E-state index in [-0.39, 0.29) is 11.8 Å². The van der Waals surface area contributed by atoms with Gasteiger partial charge in [-0.3, -0.25) is 0 Å². The molecule has 0 bridgehead atoms. The molecule has 20 heavy (non-hydrogen) atoms. The molecule has 1 saturated carbocycles. The van der Waals surface area contributed by atoms with Crippen LogP contribution >= 0.6 is 0 Å². The first-order chi connectivity index (χ1) is 9.54. The molecular formula is C15H24N2O2S. The lowest BCUT2D eigenvalue weighted by Crippen LogP contribution is -2.35. The van der Waals surface area contributed by atoms with Crippen molar-refractivity contribution in [3.8, 4) is 0 Å². The van der Waals surface area contributed by atoms with Gasteiger partial charge in [0.1, 0.15) is 0 Å². The maximum absolute atomic E-state index is 12.3. The average Bonchev–Trinajstić information content (AvgIpc) is 3.21. The van der Waals surface area contributed by atoms with E-state index in [4.69, 9.17) is 5.73 Å². The second kappa shape index (κ2) is 6.70. The van der Waals surface area contributed by atoms with Gasteiger partial charge in [0.2, 0.25) is 10.0 Å². The highest BCUT2D eigenvalue weighted by molar-refractivity contribution is 7.88. The maximum atomic E-state index is 12.3. The minimum atomic E-state index is -3.30. The van der Waals surface area contributed by atoms with Crippen LogP contribution in [0.4, 0.5) is 0 Å². The van der Waals surface area contributed by atoms with E-state index in [0.29, 0.717) is 6.54 Å². The second-order valence-electron chi connectivity index (χ2n) is 5.63. The molecule has 0 heterocycles. The first kappa shape index (κ1) is 15.5. The summed E-state index contributed by atoms with van der Waals surface area (Å²) in [6.45, 7) is 2.40. The largest absolute Gasteiger partial charge is 0.326 e. The van der Waals surface area contributed by atoms with E-state index in [1.54, 1.807) is 0 Å². The molecule has 0 saturated heterocycles. The van der Waals surface area contributed by atoms with Gasteiger partial charge in [-0.25, -0.2) is 13.1 Å². The van der Waals surface area contributed by atoms with Crippen LogP contribution in [0.1, 0.15) is 43.7 Å². The summed E-state index contributed by atoms with van der Waals surface area (Å²) in [5.41, 5.74) is 7.35. The molecule has 1 fully saturated rings. The van der Waals surface area contributed by atoms with Crippen LogP contribution in [-0.4, -0.2) is 14.5 Å². The highest BCUT2D eigenvalue weighted by atomic mass is 32.2. The molecule has 0 spiro atoms. The highest BCUT2D eigenvalue weighted by Crippen LogP contribution is 2.34. The molecule has 1 aliphatic carbocycles. The summed E-state index contributed by atoms with van der Waals surface area (Å²) in [5, 5.41) is 0. The van der Waals surface area contributed by atoms with Crippen molar-refractivity contribution >= 4 is 10.0 Å². The fourth-order valence-electron chi connectivity index (χ4n) is 2.45. The molecule has 1 aliphatic rings. The Kier molecular flexibility index (Phi) is 5.18. The van der Waals surface area contributed by atoms with Crippen molar-refractivity contribution in [1.29, 1.82) is 0 Å². The van der Waals surface area contributed by atoms with Crippen molar-refractivity contribution in [3.05, 3.63) is 35.4 Å². The summed E-state index contributed by atoms with van der Waals surface area (Å²) in [7, 11) is -3.30. The molecule has 1 aromatic carbocycles. The maximum Gasteiger partial charge on any atom is 0.216 e. The van der Waals surface area contributed by atoms with Gasteiger partial charge in [0.15, 0.2) is 0 Å². The lowest BCUT2D eigenvalue weighted by molar-refractivity contribution is 0.495. The van der Waals surface area contributed by atoms with Gasteiger partial charge in [0.25, 0.3) is 0 Å². The molecule has 5 heteroatoms. The van der Waals surface area contributed by atoms with E-state index in [1.807, 2.05) is 31.2 Å². The molecule has 1 atom stereocenters. The Morgan fingerprint density at radius 3 is 2.50 bits per heavy atom. The predicted molar refractivity (Wildman–Crippen MR) is 81.5 cm³/mol. The molecule has 0 aromatic heterocycles. The van der Waals surface area contributed by atoms with Gasteiger partial charge < -0.3 is 5.73 Å². The molecule has 112 valence electrons. The zero-order valence-corrected chi connectivity index (χ0v) is 12.8. The van der Waals surface area contributed by atoms with Gasteiger partial charge >= 0.3 is 0 Å². The predicted octanol–water partition coefficient (Wildman–Crippen LogP) is 2.14. The SMILES string of the molecule is CCC(CC1CC1)NS(=O)(=O)Cc1ccccc1CN. The minimum Gasteiger partial charge on any atom is -0.326 e. The van der Waals surface area contributed by atoms with Crippen LogP contribution in [0.3, 0.4) is 0 Å². The van der Waals surface area contributed by atoms with E-state index in [0.717, 1.165) is 29.9 Å². The summed E-state index contributed by atoms with van der Waals surface area (Å²) in [6, 6.07) is 7.52. The average molecular weight is 296 g/mol. The van der Waals surface area contributed by atoms with E-state index < -0.39 is 10.0 Å². The van der Waals surface area contributed by atoms with E-state index >= 15 is 0 Å². The summed E-state index contributed by atoms with van der Waals surface area (Å²) in [6.07, 6.45) is 4.30. The summed E-state index contributed by atoms with van der Waals surface area (Å²) >= 11 is 0. The van der Waals surface area contributed by atoms with Crippen molar-refractivity contribution in [2.75, 3.05) is 0 Å². The number of sulfonamides is 1. The number of hydrogen-bond acceptors (Lipinski definition) is 3. The van der Waals surface area contributed by atoms with Crippen molar-refractivity contribution in [2.45, 2.75) is 50.9 Å². The summed E-state index contributed by atoms with van der Waals surface area (Å²) in [5.74, 6) is 0.737. The first-order valence-corrected chi connectivity index (χ1v) is 8.96. The number of hydrogen-bond donors (Lipinski definition) is 2. The Bertz CT molecular complexity index is 539. The van der Waals surface area contributed by atoms with Gasteiger partial charge in [0.05, 0.1) is 5.75 Å². The monoisotopic (exact) mass is 296 g/mol. The van der Waals surface area contributed by atoms with Crippen molar-refractivity contribution in [2.24, 2.45) is 11.7 Å². The number of benzene rings is 1. The Morgan fingerprint density at radius 2 is 1.95 bits per heavy atom. The van der Waals surface area contributed by atoms with Crippen LogP contribution < -0.4 is 10.5 Å². The number of nitrogens with two attached hydrogens (primary N) is 1. The van der Waals surface area contributed by atoms with Crippen LogP contribution in [0, 0.1) is 5.92 Å². The first-order valence-electron chi connectivity index (χ1n) is 7.31. The van der Waals surface area contributed by atoms with Crippen molar-refractivity contribution in [1.82, 2.24) is 4.72 Å². The summed E-state index contributed by atoms with van der Waals surface area (Å²) < 4.78 is 27.4. The third-order valence-electron chi connectivity index (χ3n) is 3.84. The Hall–Kier alpha value is -0.910. The fraction of sp³-hybridized carbons (Fsp3) is 0.600. The Balaban J connectivity index is 2.01. The van der Waals surface area contributed by atoms with Gasteiger partial charge in [-0.15, -0.1) is 0 Å². The second-order valence-corrected chi connectivity index (χ2v) is 7.39. The summed E-state index contributed by atoms with van der Waals surface area (Å²) in [4.78, 5) is 0. The topological polar surface area (TPSA) is 72.2 Å². The highest BCUT2D eigenvalue weighted by Gasteiger charge is 2.27. The molecule has 1 unspecified atom stereocenters. The third kappa shape index (κ3) is 4.58. The zero-order valence-electron chi connectivity index (χ0n) is 12.0. The molecule has 0 radical (unpaired) electrons. The molecule has 4 nitrogen and oxygen atoms in total. The normalized spacial score (nSPS) is 17.1. The van der Waals surface area contributed by atoms with Gasteiger partial charge in [-0.05, 0) is 29.9 Å². The minimum absolute atomic E-state index is 0.0154. The van der Waals surface area contributed by atoms with Crippen LogP contribution in [0.2, 0.25) is 0 Å². The standard InChI is InChI=1S/C15H24N2O2S/c1-2-15(9-12-7-8-12)17-20(18,19)11-14-6-4-3-5-13(14)10-16/h3-6,12,15,17H,2,7-11,16H2,1H3. The van der Waals surface area contributed by atoms with Crippen molar-refractivity contribution in [3.63, 3.8) is 0 Å². The quantitative estimate of drug-likeness (QED) is 0.772. The smallest absolute Gasteiger partial charge is 0.216 e. The van der Waals surface area contributed by atoms with Crippen LogP contribution in [0.25, 0.3) is 0 Å². The zero-order chi connectivity index (χ0) is 14.6. The molecule has 0 amide bonds. The number of rotatable bonds is 8. The lowest BCUT2D eigenvalue weighted by atomic mass is 10.1. The molecule has 0 aliphatic heterocycles. The fourth-order valence-corrected chi connectivity index (χ4v) is 4.00. The molecule has 2 rings (SSSR count). The molecule has 3 N–H and O–H groups in total. The molecule has 1 aromatic rings. The van der Waals surface area contributed by atoms with E-state index in [1.165, 1.54) is 12.8 Å². The molecular weight excluding hydrogens is 272 g/mol. The van der Waals surface area contributed by atoms with Crippen LogP contribution in [0.15, 0.2) is 24.3 Å². The Morgan fingerprint density at radius 1 is 1.30 bits per heavy atom. The van der Waals surface area contributed by atoms with Gasteiger partial charge in [-0.1, -0.05) is 44.0 Å². The van der Waals surface area contributed by atoms with Gasteiger partial charge in [-0.2, -0.15) is 0 Å². The van der Waals surface area contributed by atoms with E-state index in [9.17, 15) is 8.42 Å². The number of nitrogens with one attached hydrogen (secondary N) is 1.